The molecule has 1 aliphatic carbocycles. The van der Waals surface area contributed by atoms with E-state index in [4.69, 9.17) is 0 Å². The number of ketones is 2. The molecule has 6 rings (SSSR count). The maximum atomic E-state index is 13.8. The van der Waals surface area contributed by atoms with Crippen molar-refractivity contribution in [1.29, 1.82) is 0 Å². The summed E-state index contributed by atoms with van der Waals surface area (Å²) in [5, 5.41) is 12.2. The SMILES string of the molecule is O=C1C=C(N[C@@H](Cc2c[nH]c3ccccc23)C(=O)n2nnc3ccccc32)C(=O)c2ccccc21. The van der Waals surface area contributed by atoms with Crippen molar-refractivity contribution in [3.8, 4) is 0 Å². The largest absolute Gasteiger partial charge is 0.370 e. The molecule has 0 saturated heterocycles. The number of nitrogens with zero attached hydrogens (tertiary/aromatic N) is 3. The van der Waals surface area contributed by atoms with Crippen LogP contribution >= 0.6 is 0 Å². The summed E-state index contributed by atoms with van der Waals surface area (Å²) >= 11 is 0. The van der Waals surface area contributed by atoms with Crippen molar-refractivity contribution >= 4 is 39.4 Å². The highest BCUT2D eigenvalue weighted by atomic mass is 16.2. The summed E-state index contributed by atoms with van der Waals surface area (Å²) in [5.41, 5.74) is 3.73. The molecule has 1 atom stereocenters. The van der Waals surface area contributed by atoms with Crippen LogP contribution in [0.5, 0.6) is 0 Å². The number of benzene rings is 3. The van der Waals surface area contributed by atoms with Crippen LogP contribution in [-0.4, -0.2) is 43.5 Å². The third-order valence-electron chi connectivity index (χ3n) is 6.24. The lowest BCUT2D eigenvalue weighted by atomic mass is 9.92. The lowest BCUT2D eigenvalue weighted by Gasteiger charge is -2.22. The summed E-state index contributed by atoms with van der Waals surface area (Å²) in [7, 11) is 0. The molecule has 0 fully saturated rings. The van der Waals surface area contributed by atoms with E-state index >= 15 is 0 Å². The van der Waals surface area contributed by atoms with E-state index in [-0.39, 0.29) is 29.6 Å². The van der Waals surface area contributed by atoms with Crippen LogP contribution in [0.25, 0.3) is 21.9 Å². The summed E-state index contributed by atoms with van der Waals surface area (Å²) in [6.45, 7) is 0. The molecule has 0 amide bonds. The minimum Gasteiger partial charge on any atom is -0.370 e. The van der Waals surface area contributed by atoms with Gasteiger partial charge in [0.1, 0.15) is 11.6 Å². The van der Waals surface area contributed by atoms with Crippen LogP contribution in [0.1, 0.15) is 31.1 Å². The third-order valence-corrected chi connectivity index (χ3v) is 6.24. The van der Waals surface area contributed by atoms with Crippen molar-refractivity contribution in [2.24, 2.45) is 0 Å². The van der Waals surface area contributed by atoms with Gasteiger partial charge in [-0.15, -0.1) is 5.10 Å². The Hall–Kier alpha value is -4.85. The smallest absolute Gasteiger partial charge is 0.271 e. The van der Waals surface area contributed by atoms with Crippen LogP contribution in [0.2, 0.25) is 0 Å². The summed E-state index contributed by atoms with van der Waals surface area (Å²) in [6.07, 6.45) is 3.38. The molecular weight excluding hydrogens is 442 g/mol. The zero-order chi connectivity index (χ0) is 23.9. The van der Waals surface area contributed by atoms with Gasteiger partial charge < -0.3 is 10.3 Å². The Bertz CT molecular complexity index is 1680. The Morgan fingerprint density at radius 1 is 0.943 bits per heavy atom. The van der Waals surface area contributed by atoms with Crippen molar-refractivity contribution in [3.05, 3.63) is 107 Å². The molecule has 8 nitrogen and oxygen atoms in total. The van der Waals surface area contributed by atoms with E-state index in [0.717, 1.165) is 16.5 Å². The Balaban J connectivity index is 1.40. The highest BCUT2D eigenvalue weighted by Crippen LogP contribution is 2.23. The van der Waals surface area contributed by atoms with Gasteiger partial charge in [0.05, 0.1) is 11.2 Å². The average Bonchev–Trinajstić information content (AvgIpc) is 3.51. The van der Waals surface area contributed by atoms with E-state index in [2.05, 4.69) is 20.6 Å². The molecule has 8 heteroatoms. The van der Waals surface area contributed by atoms with Crippen LogP contribution < -0.4 is 5.32 Å². The Morgan fingerprint density at radius 2 is 1.69 bits per heavy atom. The fourth-order valence-corrected chi connectivity index (χ4v) is 4.51. The normalized spacial score (nSPS) is 14.1. The molecule has 0 radical (unpaired) electrons. The highest BCUT2D eigenvalue weighted by Gasteiger charge is 2.31. The third kappa shape index (κ3) is 3.52. The van der Waals surface area contributed by atoms with Crippen molar-refractivity contribution in [1.82, 2.24) is 25.3 Å². The van der Waals surface area contributed by atoms with Crippen LogP contribution in [0, 0.1) is 0 Å². The molecule has 170 valence electrons. The predicted octanol–water partition coefficient (Wildman–Crippen LogP) is 3.72. The van der Waals surface area contributed by atoms with Crippen LogP contribution in [0.3, 0.4) is 0 Å². The van der Waals surface area contributed by atoms with E-state index in [9.17, 15) is 14.4 Å². The van der Waals surface area contributed by atoms with Crippen molar-refractivity contribution < 1.29 is 14.4 Å². The number of H-pyrrole nitrogens is 1. The predicted molar refractivity (Wildman–Crippen MR) is 130 cm³/mol. The molecule has 2 aromatic heterocycles. The van der Waals surface area contributed by atoms with Gasteiger partial charge in [0, 0.05) is 40.7 Å². The van der Waals surface area contributed by atoms with E-state index in [1.807, 2.05) is 36.5 Å². The van der Waals surface area contributed by atoms with Gasteiger partial charge in [-0.05, 0) is 23.8 Å². The zero-order valence-corrected chi connectivity index (χ0v) is 18.4. The van der Waals surface area contributed by atoms with Crippen molar-refractivity contribution in [2.45, 2.75) is 12.5 Å². The number of hydrogen-bond donors (Lipinski definition) is 2. The number of para-hydroxylation sites is 2. The van der Waals surface area contributed by atoms with Gasteiger partial charge in [0.2, 0.25) is 5.78 Å². The van der Waals surface area contributed by atoms with E-state index in [1.54, 1.807) is 42.5 Å². The molecule has 0 unspecified atom stereocenters. The number of carbonyl (C=O) groups excluding carboxylic acids is 3. The molecule has 0 aliphatic heterocycles. The highest BCUT2D eigenvalue weighted by molar-refractivity contribution is 6.24. The first-order chi connectivity index (χ1) is 17.1. The summed E-state index contributed by atoms with van der Waals surface area (Å²) < 4.78 is 1.24. The first-order valence-corrected chi connectivity index (χ1v) is 11.2. The fourth-order valence-electron chi connectivity index (χ4n) is 4.51. The molecule has 0 saturated carbocycles. The maximum Gasteiger partial charge on any atom is 0.271 e. The number of aromatic amines is 1. The quantitative estimate of drug-likeness (QED) is 0.413. The van der Waals surface area contributed by atoms with Gasteiger partial charge in [0.25, 0.3) is 5.91 Å². The number of fused-ring (bicyclic) bond motifs is 3. The number of allylic oxidation sites excluding steroid dienone is 2. The van der Waals surface area contributed by atoms with Gasteiger partial charge >= 0.3 is 0 Å². The molecule has 3 aromatic carbocycles. The van der Waals surface area contributed by atoms with Gasteiger partial charge in [-0.2, -0.15) is 4.68 Å². The average molecular weight is 461 g/mol. The zero-order valence-electron chi connectivity index (χ0n) is 18.4. The minimum absolute atomic E-state index is 0.0799. The molecule has 35 heavy (non-hydrogen) atoms. The second kappa shape index (κ2) is 8.18. The molecule has 5 aromatic rings. The Morgan fingerprint density at radius 3 is 2.57 bits per heavy atom. The molecule has 2 N–H and O–H groups in total. The standard InChI is InChI=1S/C27H19N5O3/c33-25-14-22(26(34)19-9-2-1-8-18(19)25)29-23(13-16-15-28-20-10-4-3-7-17(16)20)27(35)32-24-12-6-5-11-21(24)30-31-32/h1-12,14-15,23,28-29H,13H2/t23-/m0/s1. The lowest BCUT2D eigenvalue weighted by molar-refractivity contribution is 0.0846. The van der Waals surface area contributed by atoms with Gasteiger partial charge in [0.15, 0.2) is 5.78 Å². The minimum atomic E-state index is -0.882. The van der Waals surface area contributed by atoms with E-state index in [0.29, 0.717) is 22.2 Å². The Labute approximate surface area is 199 Å². The van der Waals surface area contributed by atoms with Crippen LogP contribution in [0.4, 0.5) is 0 Å². The van der Waals surface area contributed by atoms with Crippen LogP contribution in [0.15, 0.2) is 90.8 Å². The van der Waals surface area contributed by atoms with Gasteiger partial charge in [-0.1, -0.05) is 59.8 Å². The van der Waals surface area contributed by atoms with Crippen LogP contribution in [-0.2, 0) is 6.42 Å². The number of nitrogens with one attached hydrogen (secondary N) is 2. The Kier molecular flexibility index (Phi) is 4.84. The molecule has 0 bridgehead atoms. The van der Waals surface area contributed by atoms with Gasteiger partial charge in [-0.25, -0.2) is 0 Å². The summed E-state index contributed by atoms with van der Waals surface area (Å²) in [6, 6.07) is 20.7. The number of Topliss-reactive ketones (excluding diaryl/α,β-unsaturated/α-hetero) is 1. The van der Waals surface area contributed by atoms with Crippen molar-refractivity contribution in [3.63, 3.8) is 0 Å². The number of hydrogen-bond acceptors (Lipinski definition) is 6. The topological polar surface area (TPSA) is 110 Å². The first kappa shape index (κ1) is 20.7. The molecule has 2 heterocycles. The molecule has 0 spiro atoms. The number of aromatic nitrogens is 4. The lowest BCUT2D eigenvalue weighted by Crippen LogP contribution is -2.44. The first-order valence-electron chi connectivity index (χ1n) is 11.2. The van der Waals surface area contributed by atoms with Gasteiger partial charge in [-0.3, -0.25) is 14.4 Å². The number of carbonyl (C=O) groups is 3. The summed E-state index contributed by atoms with van der Waals surface area (Å²) in [5.74, 6) is -1.00. The monoisotopic (exact) mass is 461 g/mol. The maximum absolute atomic E-state index is 13.8. The molecule has 1 aliphatic rings. The summed E-state index contributed by atoms with van der Waals surface area (Å²) in [4.78, 5) is 42.9. The molecular formula is C27H19N5O3. The van der Waals surface area contributed by atoms with Crippen molar-refractivity contribution in [2.75, 3.05) is 0 Å². The van der Waals surface area contributed by atoms with E-state index in [1.165, 1.54) is 10.8 Å². The second-order valence-corrected chi connectivity index (χ2v) is 8.39. The van der Waals surface area contributed by atoms with E-state index < -0.39 is 6.04 Å². The fraction of sp³-hybridized carbons (Fsp3) is 0.0741. The second-order valence-electron chi connectivity index (χ2n) is 8.39. The number of rotatable bonds is 5.